The molecular formula is C11H11NO4. The van der Waals surface area contributed by atoms with E-state index in [1.165, 1.54) is 0 Å². The summed E-state index contributed by atoms with van der Waals surface area (Å²) in [6.07, 6.45) is -2.37. The number of benzene rings is 1. The molecule has 84 valence electrons. The summed E-state index contributed by atoms with van der Waals surface area (Å²) < 4.78 is 4.60. The average molecular weight is 221 g/mol. The van der Waals surface area contributed by atoms with Crippen LogP contribution in [0.25, 0.3) is 0 Å². The zero-order chi connectivity index (χ0) is 11.5. The molecule has 1 aromatic rings. The minimum Gasteiger partial charge on any atom is -0.450 e. The summed E-state index contributed by atoms with van der Waals surface area (Å²) in [7, 11) is 0. The number of amides is 1. The fourth-order valence-electron chi connectivity index (χ4n) is 1.84. The molecule has 0 bridgehead atoms. The molecule has 0 spiro atoms. The summed E-state index contributed by atoms with van der Waals surface area (Å²) in [6.45, 7) is 0.404. The SMILES string of the molecule is O=C(O)O[C@H]1C(=O)NC[C@H]1c1ccccc1. The van der Waals surface area contributed by atoms with E-state index in [4.69, 9.17) is 5.11 Å². The maximum Gasteiger partial charge on any atom is 0.506 e. The van der Waals surface area contributed by atoms with Crippen molar-refractivity contribution in [2.45, 2.75) is 12.0 Å². The quantitative estimate of drug-likeness (QED) is 0.729. The highest BCUT2D eigenvalue weighted by Crippen LogP contribution is 2.25. The third kappa shape index (κ3) is 1.98. The number of hydrogen-bond acceptors (Lipinski definition) is 3. The van der Waals surface area contributed by atoms with Gasteiger partial charge in [0.05, 0.1) is 0 Å². The monoisotopic (exact) mass is 221 g/mol. The van der Waals surface area contributed by atoms with Gasteiger partial charge < -0.3 is 15.2 Å². The lowest BCUT2D eigenvalue weighted by molar-refractivity contribution is -0.127. The standard InChI is InChI=1S/C11H11NO4/c13-10-9(16-11(14)15)8(6-12-10)7-4-2-1-3-5-7/h1-5,8-9H,6H2,(H,12,13)(H,14,15)/t8-,9+/m0/s1. The van der Waals surface area contributed by atoms with Gasteiger partial charge in [-0.05, 0) is 5.56 Å². The molecule has 0 aromatic heterocycles. The van der Waals surface area contributed by atoms with Crippen LogP contribution in [0.4, 0.5) is 4.79 Å². The summed E-state index contributed by atoms with van der Waals surface area (Å²) in [5.74, 6) is -0.624. The number of nitrogens with one attached hydrogen (secondary N) is 1. The number of ether oxygens (including phenoxy) is 1. The summed E-state index contributed by atoms with van der Waals surface area (Å²) in [6, 6.07) is 9.25. The van der Waals surface area contributed by atoms with E-state index < -0.39 is 12.3 Å². The lowest BCUT2D eigenvalue weighted by atomic mass is 9.96. The van der Waals surface area contributed by atoms with Crippen molar-refractivity contribution in [3.63, 3.8) is 0 Å². The first-order valence-corrected chi connectivity index (χ1v) is 4.90. The van der Waals surface area contributed by atoms with E-state index in [1.807, 2.05) is 30.3 Å². The Morgan fingerprint density at radius 3 is 2.69 bits per heavy atom. The molecule has 0 saturated carbocycles. The Labute approximate surface area is 92.0 Å². The third-order valence-electron chi connectivity index (χ3n) is 2.58. The van der Waals surface area contributed by atoms with E-state index in [-0.39, 0.29) is 11.8 Å². The molecule has 5 nitrogen and oxygen atoms in total. The van der Waals surface area contributed by atoms with Crippen molar-refractivity contribution in [3.05, 3.63) is 35.9 Å². The first-order chi connectivity index (χ1) is 7.68. The summed E-state index contributed by atoms with van der Waals surface area (Å²) >= 11 is 0. The van der Waals surface area contributed by atoms with Crippen LogP contribution in [0.5, 0.6) is 0 Å². The van der Waals surface area contributed by atoms with Crippen molar-refractivity contribution in [1.29, 1.82) is 0 Å². The van der Waals surface area contributed by atoms with Gasteiger partial charge in [0.2, 0.25) is 0 Å². The summed E-state index contributed by atoms with van der Waals surface area (Å²) in [5.41, 5.74) is 0.895. The average Bonchev–Trinajstić information content (AvgIpc) is 2.61. The highest BCUT2D eigenvalue weighted by atomic mass is 16.7. The Morgan fingerprint density at radius 1 is 1.38 bits per heavy atom. The van der Waals surface area contributed by atoms with Crippen molar-refractivity contribution in [2.24, 2.45) is 0 Å². The van der Waals surface area contributed by atoms with Gasteiger partial charge >= 0.3 is 6.16 Å². The lowest BCUT2D eigenvalue weighted by Crippen LogP contribution is -2.29. The van der Waals surface area contributed by atoms with Gasteiger partial charge in [-0.15, -0.1) is 0 Å². The Morgan fingerprint density at radius 2 is 2.06 bits per heavy atom. The van der Waals surface area contributed by atoms with Gasteiger partial charge in [-0.1, -0.05) is 30.3 Å². The Balaban J connectivity index is 2.21. The second-order valence-electron chi connectivity index (χ2n) is 3.57. The highest BCUT2D eigenvalue weighted by molar-refractivity contribution is 5.86. The van der Waals surface area contributed by atoms with E-state index in [2.05, 4.69) is 10.1 Å². The zero-order valence-corrected chi connectivity index (χ0v) is 8.42. The van der Waals surface area contributed by atoms with Crippen molar-refractivity contribution in [3.8, 4) is 0 Å². The smallest absolute Gasteiger partial charge is 0.450 e. The molecule has 2 atom stereocenters. The van der Waals surface area contributed by atoms with Gasteiger partial charge in [0.25, 0.3) is 5.91 Å². The Hall–Kier alpha value is -2.04. The second kappa shape index (κ2) is 4.22. The first-order valence-electron chi connectivity index (χ1n) is 4.90. The van der Waals surface area contributed by atoms with Crippen LogP contribution in [-0.2, 0) is 9.53 Å². The summed E-state index contributed by atoms with van der Waals surface area (Å²) in [5, 5.41) is 11.2. The van der Waals surface area contributed by atoms with Crippen LogP contribution in [0, 0.1) is 0 Å². The van der Waals surface area contributed by atoms with Crippen LogP contribution in [0.2, 0.25) is 0 Å². The predicted octanol–water partition coefficient (Wildman–Crippen LogP) is 0.963. The molecule has 1 amide bonds. The van der Waals surface area contributed by atoms with Crippen molar-refractivity contribution >= 4 is 12.1 Å². The van der Waals surface area contributed by atoms with Crippen LogP contribution in [-0.4, -0.2) is 29.8 Å². The van der Waals surface area contributed by atoms with Gasteiger partial charge in [0.1, 0.15) is 0 Å². The van der Waals surface area contributed by atoms with Crippen molar-refractivity contribution in [2.75, 3.05) is 6.54 Å². The maximum atomic E-state index is 11.4. The van der Waals surface area contributed by atoms with Crippen molar-refractivity contribution in [1.82, 2.24) is 5.32 Å². The van der Waals surface area contributed by atoms with Crippen molar-refractivity contribution < 1.29 is 19.4 Å². The topological polar surface area (TPSA) is 75.6 Å². The van der Waals surface area contributed by atoms with E-state index >= 15 is 0 Å². The molecule has 1 aliphatic heterocycles. The molecular weight excluding hydrogens is 210 g/mol. The van der Waals surface area contributed by atoms with Crippen LogP contribution in [0.1, 0.15) is 11.5 Å². The summed E-state index contributed by atoms with van der Waals surface area (Å²) in [4.78, 5) is 21.9. The normalized spacial score (nSPS) is 23.9. The lowest BCUT2D eigenvalue weighted by Gasteiger charge is -2.15. The molecule has 0 unspecified atom stereocenters. The van der Waals surface area contributed by atoms with E-state index in [1.54, 1.807) is 0 Å². The minimum absolute atomic E-state index is 0.246. The number of carbonyl (C=O) groups is 2. The molecule has 16 heavy (non-hydrogen) atoms. The van der Waals surface area contributed by atoms with Gasteiger partial charge in [-0.2, -0.15) is 0 Å². The molecule has 1 aliphatic rings. The maximum absolute atomic E-state index is 11.4. The van der Waals surface area contributed by atoms with E-state index in [0.717, 1.165) is 5.56 Å². The Bertz CT molecular complexity index is 404. The third-order valence-corrected chi connectivity index (χ3v) is 2.58. The van der Waals surface area contributed by atoms with Gasteiger partial charge in [0, 0.05) is 12.5 Å². The minimum atomic E-state index is -1.43. The number of hydrogen-bond donors (Lipinski definition) is 2. The van der Waals surface area contributed by atoms with Crippen LogP contribution >= 0.6 is 0 Å². The fourth-order valence-corrected chi connectivity index (χ4v) is 1.84. The zero-order valence-electron chi connectivity index (χ0n) is 8.42. The molecule has 1 heterocycles. The number of rotatable bonds is 2. The molecule has 2 rings (SSSR count). The molecule has 0 aliphatic carbocycles. The molecule has 1 saturated heterocycles. The molecule has 1 fully saturated rings. The van der Waals surface area contributed by atoms with E-state index in [0.29, 0.717) is 6.54 Å². The van der Waals surface area contributed by atoms with Gasteiger partial charge in [0.15, 0.2) is 6.10 Å². The van der Waals surface area contributed by atoms with Crippen LogP contribution in [0.3, 0.4) is 0 Å². The number of carbonyl (C=O) groups excluding carboxylic acids is 1. The number of carboxylic acid groups (broad SMARTS) is 1. The first kappa shape index (κ1) is 10.5. The van der Waals surface area contributed by atoms with Gasteiger partial charge in [-0.25, -0.2) is 4.79 Å². The predicted molar refractivity (Wildman–Crippen MR) is 55.1 cm³/mol. The molecule has 5 heteroatoms. The Kier molecular flexibility index (Phi) is 2.76. The molecule has 0 radical (unpaired) electrons. The second-order valence-corrected chi connectivity index (χ2v) is 3.57. The largest absolute Gasteiger partial charge is 0.506 e. The molecule has 1 aromatic carbocycles. The van der Waals surface area contributed by atoms with Crippen LogP contribution in [0.15, 0.2) is 30.3 Å². The fraction of sp³-hybridized carbons (Fsp3) is 0.273. The highest BCUT2D eigenvalue weighted by Gasteiger charge is 2.38. The molecule has 2 N–H and O–H groups in total. The van der Waals surface area contributed by atoms with Gasteiger partial charge in [-0.3, -0.25) is 4.79 Å². The van der Waals surface area contributed by atoms with E-state index in [9.17, 15) is 9.59 Å². The van der Waals surface area contributed by atoms with Crippen LogP contribution < -0.4 is 5.32 Å².